The fourth-order valence-electron chi connectivity index (χ4n) is 2.50. The van der Waals surface area contributed by atoms with E-state index in [2.05, 4.69) is 0 Å². The third kappa shape index (κ3) is 3.63. The van der Waals surface area contributed by atoms with Crippen molar-refractivity contribution in [3.63, 3.8) is 0 Å². The zero-order valence-corrected chi connectivity index (χ0v) is 12.3. The van der Waals surface area contributed by atoms with E-state index in [0.717, 1.165) is 12.8 Å². The van der Waals surface area contributed by atoms with Crippen molar-refractivity contribution in [3.8, 4) is 5.75 Å². The summed E-state index contributed by atoms with van der Waals surface area (Å²) in [6.45, 7) is 0.428. The number of likely N-dealkylation sites (tertiary alicyclic amines) is 1. The summed E-state index contributed by atoms with van der Waals surface area (Å²) < 4.78 is 18.4. The number of piperidine rings is 1. The van der Waals surface area contributed by atoms with Crippen LogP contribution in [0.5, 0.6) is 5.75 Å². The average Bonchev–Trinajstić information content (AvgIpc) is 2.52. The van der Waals surface area contributed by atoms with Crippen molar-refractivity contribution >= 4 is 18.0 Å². The van der Waals surface area contributed by atoms with Gasteiger partial charge in [0.15, 0.2) is 11.6 Å². The number of amides is 1. The van der Waals surface area contributed by atoms with E-state index in [1.165, 1.54) is 36.3 Å². The van der Waals surface area contributed by atoms with Crippen LogP contribution in [0.2, 0.25) is 0 Å². The Hall–Kier alpha value is -2.37. The van der Waals surface area contributed by atoms with E-state index >= 15 is 0 Å². The number of carboxylic acid groups (broad SMARTS) is 1. The number of aliphatic carboxylic acids is 1. The van der Waals surface area contributed by atoms with Crippen LogP contribution in [0, 0.1) is 5.82 Å². The van der Waals surface area contributed by atoms with Crippen LogP contribution in [0.15, 0.2) is 24.3 Å². The van der Waals surface area contributed by atoms with Gasteiger partial charge in [-0.2, -0.15) is 0 Å². The summed E-state index contributed by atoms with van der Waals surface area (Å²) in [7, 11) is 1.37. The number of hydrogen-bond acceptors (Lipinski definition) is 3. The standard InChI is InChI=1S/C16H18FNO4/c1-22-14-7-5-11(10-12(14)17)6-8-15(19)18-9-3-2-4-13(18)16(20)21/h5-8,10,13H,2-4,9H2,1H3,(H,20,21). The van der Waals surface area contributed by atoms with Gasteiger partial charge in [0, 0.05) is 12.6 Å². The molecule has 1 saturated heterocycles. The van der Waals surface area contributed by atoms with Crippen LogP contribution in [0.25, 0.3) is 6.08 Å². The second-order valence-electron chi connectivity index (χ2n) is 5.11. The van der Waals surface area contributed by atoms with E-state index in [9.17, 15) is 14.0 Å². The number of benzene rings is 1. The maximum atomic E-state index is 13.6. The number of halogens is 1. The van der Waals surface area contributed by atoms with Gasteiger partial charge in [0.25, 0.3) is 0 Å². The smallest absolute Gasteiger partial charge is 0.326 e. The van der Waals surface area contributed by atoms with E-state index in [4.69, 9.17) is 9.84 Å². The van der Waals surface area contributed by atoms with Crippen LogP contribution < -0.4 is 4.74 Å². The first-order chi connectivity index (χ1) is 10.5. The van der Waals surface area contributed by atoms with Gasteiger partial charge >= 0.3 is 5.97 Å². The van der Waals surface area contributed by atoms with Crippen molar-refractivity contribution in [2.24, 2.45) is 0 Å². The van der Waals surface area contributed by atoms with Gasteiger partial charge in [-0.25, -0.2) is 9.18 Å². The number of carboxylic acids is 1. The molecule has 118 valence electrons. The molecule has 0 radical (unpaired) electrons. The van der Waals surface area contributed by atoms with E-state index in [1.807, 2.05) is 0 Å². The summed E-state index contributed by atoms with van der Waals surface area (Å²) in [6, 6.07) is 3.57. The molecule has 1 aliphatic rings. The van der Waals surface area contributed by atoms with Crippen LogP contribution in [-0.2, 0) is 9.59 Å². The second kappa shape index (κ2) is 7.06. The Kier molecular flexibility index (Phi) is 5.14. The van der Waals surface area contributed by atoms with Gasteiger partial charge in [0.1, 0.15) is 6.04 Å². The molecule has 1 aliphatic heterocycles. The highest BCUT2D eigenvalue weighted by molar-refractivity contribution is 5.94. The van der Waals surface area contributed by atoms with Crippen molar-refractivity contribution in [2.45, 2.75) is 25.3 Å². The molecule has 1 amide bonds. The molecule has 0 aliphatic carbocycles. The molecule has 1 atom stereocenters. The molecular formula is C16H18FNO4. The zero-order valence-electron chi connectivity index (χ0n) is 12.3. The highest BCUT2D eigenvalue weighted by Gasteiger charge is 2.30. The minimum atomic E-state index is -0.989. The molecule has 0 aromatic heterocycles. The minimum absolute atomic E-state index is 0.130. The molecule has 2 rings (SSSR count). The lowest BCUT2D eigenvalue weighted by Gasteiger charge is -2.32. The molecule has 22 heavy (non-hydrogen) atoms. The van der Waals surface area contributed by atoms with Gasteiger partial charge in [-0.1, -0.05) is 6.07 Å². The SMILES string of the molecule is COc1ccc(C=CC(=O)N2CCCCC2C(=O)O)cc1F. The van der Waals surface area contributed by atoms with Gasteiger partial charge in [-0.05, 0) is 43.0 Å². The molecule has 0 bridgehead atoms. The largest absolute Gasteiger partial charge is 0.494 e. The number of carbonyl (C=O) groups excluding carboxylic acids is 1. The first kappa shape index (κ1) is 16.0. The van der Waals surface area contributed by atoms with Gasteiger partial charge in [0.2, 0.25) is 5.91 Å². The molecule has 1 N–H and O–H groups in total. The Bertz CT molecular complexity index is 600. The number of hydrogen-bond donors (Lipinski definition) is 1. The molecule has 5 nitrogen and oxygen atoms in total. The molecule has 1 heterocycles. The Morgan fingerprint density at radius 1 is 1.41 bits per heavy atom. The fraction of sp³-hybridized carbons (Fsp3) is 0.375. The van der Waals surface area contributed by atoms with Crippen LogP contribution in [0.3, 0.4) is 0 Å². The first-order valence-electron chi connectivity index (χ1n) is 7.08. The van der Waals surface area contributed by atoms with Crippen LogP contribution in [0.4, 0.5) is 4.39 Å². The van der Waals surface area contributed by atoms with E-state index < -0.39 is 17.8 Å². The highest BCUT2D eigenvalue weighted by atomic mass is 19.1. The van der Waals surface area contributed by atoms with Crippen molar-refractivity contribution < 1.29 is 23.8 Å². The molecule has 1 aromatic carbocycles. The third-order valence-electron chi connectivity index (χ3n) is 3.67. The number of carbonyl (C=O) groups is 2. The average molecular weight is 307 g/mol. The van der Waals surface area contributed by atoms with E-state index in [1.54, 1.807) is 6.07 Å². The lowest BCUT2D eigenvalue weighted by molar-refractivity contribution is -0.150. The Morgan fingerprint density at radius 3 is 2.82 bits per heavy atom. The summed E-state index contributed by atoms with van der Waals surface area (Å²) in [4.78, 5) is 24.7. The number of ether oxygens (including phenoxy) is 1. The Balaban J connectivity index is 2.10. The normalized spacial score (nSPS) is 18.5. The third-order valence-corrected chi connectivity index (χ3v) is 3.67. The second-order valence-corrected chi connectivity index (χ2v) is 5.11. The lowest BCUT2D eigenvalue weighted by atomic mass is 10.0. The van der Waals surface area contributed by atoms with Crippen LogP contribution >= 0.6 is 0 Å². The van der Waals surface area contributed by atoms with Crippen LogP contribution in [-0.4, -0.2) is 41.6 Å². The van der Waals surface area contributed by atoms with E-state index in [0.29, 0.717) is 18.5 Å². The Labute approximate surface area is 128 Å². The molecule has 0 saturated carbocycles. The lowest BCUT2D eigenvalue weighted by Crippen LogP contribution is -2.47. The molecule has 0 spiro atoms. The van der Waals surface area contributed by atoms with Crippen molar-refractivity contribution in [1.82, 2.24) is 4.90 Å². The summed E-state index contributed by atoms with van der Waals surface area (Å²) in [5.74, 6) is -1.75. The van der Waals surface area contributed by atoms with E-state index in [-0.39, 0.29) is 11.7 Å². The minimum Gasteiger partial charge on any atom is -0.494 e. The molecule has 1 fully saturated rings. The summed E-state index contributed by atoms with van der Waals surface area (Å²) in [6.07, 6.45) is 4.81. The van der Waals surface area contributed by atoms with Gasteiger partial charge < -0.3 is 14.7 Å². The van der Waals surface area contributed by atoms with Gasteiger partial charge in [0.05, 0.1) is 7.11 Å². The molecule has 6 heteroatoms. The monoisotopic (exact) mass is 307 g/mol. The topological polar surface area (TPSA) is 66.8 Å². The summed E-state index contributed by atoms with van der Waals surface area (Å²) >= 11 is 0. The maximum Gasteiger partial charge on any atom is 0.326 e. The molecule has 1 unspecified atom stereocenters. The Morgan fingerprint density at radius 2 is 2.18 bits per heavy atom. The number of methoxy groups -OCH3 is 1. The number of nitrogens with zero attached hydrogens (tertiary/aromatic N) is 1. The van der Waals surface area contributed by atoms with Crippen molar-refractivity contribution in [2.75, 3.05) is 13.7 Å². The fourth-order valence-corrected chi connectivity index (χ4v) is 2.50. The van der Waals surface area contributed by atoms with Gasteiger partial charge in [-0.15, -0.1) is 0 Å². The van der Waals surface area contributed by atoms with Crippen molar-refractivity contribution in [1.29, 1.82) is 0 Å². The predicted molar refractivity (Wildman–Crippen MR) is 79.0 cm³/mol. The molecular weight excluding hydrogens is 289 g/mol. The summed E-state index contributed by atoms with van der Waals surface area (Å²) in [5.41, 5.74) is 0.510. The number of rotatable bonds is 4. The highest BCUT2D eigenvalue weighted by Crippen LogP contribution is 2.20. The molecule has 1 aromatic rings. The quantitative estimate of drug-likeness (QED) is 0.867. The van der Waals surface area contributed by atoms with Gasteiger partial charge in [-0.3, -0.25) is 4.79 Å². The first-order valence-corrected chi connectivity index (χ1v) is 7.08. The predicted octanol–water partition coefficient (Wildman–Crippen LogP) is 2.31. The van der Waals surface area contributed by atoms with Crippen molar-refractivity contribution in [3.05, 3.63) is 35.7 Å². The van der Waals surface area contributed by atoms with Crippen LogP contribution in [0.1, 0.15) is 24.8 Å². The zero-order chi connectivity index (χ0) is 16.1. The summed E-state index contributed by atoms with van der Waals surface area (Å²) in [5, 5.41) is 9.16. The maximum absolute atomic E-state index is 13.6.